The van der Waals surface area contributed by atoms with Gasteiger partial charge in [-0.25, -0.2) is 14.8 Å². The molecular weight excluding hydrogens is 480 g/mol. The molecule has 10 nitrogen and oxygen atoms in total. The van der Waals surface area contributed by atoms with Crippen LogP contribution >= 0.6 is 11.3 Å². The SMILES string of the molecule is CC(C)c1csc(CCc2ccn3c(=O)c(C=CC(=O)O)c(N4CCN(C(=O)CN)CC4)nc3c2)n1. The molecule has 1 amide bonds. The van der Waals surface area contributed by atoms with Gasteiger partial charge in [0.05, 0.1) is 22.8 Å². The first kappa shape index (κ1) is 25.5. The maximum atomic E-state index is 13.3. The predicted octanol–water partition coefficient (Wildman–Crippen LogP) is 1.76. The third kappa shape index (κ3) is 5.63. The summed E-state index contributed by atoms with van der Waals surface area (Å²) in [6.45, 7) is 6.02. The van der Waals surface area contributed by atoms with Crippen molar-refractivity contribution in [1.29, 1.82) is 0 Å². The van der Waals surface area contributed by atoms with E-state index in [2.05, 4.69) is 19.2 Å². The van der Waals surface area contributed by atoms with Crippen molar-refractivity contribution in [1.82, 2.24) is 19.3 Å². The maximum Gasteiger partial charge on any atom is 0.328 e. The van der Waals surface area contributed by atoms with Crippen molar-refractivity contribution < 1.29 is 14.7 Å². The summed E-state index contributed by atoms with van der Waals surface area (Å²) in [6.07, 6.45) is 5.46. The Hall–Kier alpha value is -3.57. The van der Waals surface area contributed by atoms with Gasteiger partial charge < -0.3 is 20.6 Å². The zero-order valence-corrected chi connectivity index (χ0v) is 21.2. The summed E-state index contributed by atoms with van der Waals surface area (Å²) in [6, 6.07) is 3.77. The van der Waals surface area contributed by atoms with Gasteiger partial charge in [0.2, 0.25) is 5.91 Å². The minimum absolute atomic E-state index is 0.0509. The number of aliphatic carboxylic acids is 1. The molecular formula is C25H30N6O4S. The fraction of sp³-hybridized carbons (Fsp3) is 0.400. The minimum Gasteiger partial charge on any atom is -0.478 e. The lowest BCUT2D eigenvalue weighted by Gasteiger charge is -2.35. The average Bonchev–Trinajstić information content (AvgIpc) is 3.36. The third-order valence-electron chi connectivity index (χ3n) is 6.20. The number of nitrogens with two attached hydrogens (primary N) is 1. The molecule has 11 heteroatoms. The molecule has 1 fully saturated rings. The van der Waals surface area contributed by atoms with Crippen molar-refractivity contribution in [3.63, 3.8) is 0 Å². The number of thiazole rings is 1. The molecule has 0 saturated carbocycles. The first-order chi connectivity index (χ1) is 17.3. The molecule has 0 unspecified atom stereocenters. The average molecular weight is 511 g/mol. The highest BCUT2D eigenvalue weighted by molar-refractivity contribution is 7.09. The summed E-state index contributed by atoms with van der Waals surface area (Å²) in [5, 5.41) is 12.3. The lowest BCUT2D eigenvalue weighted by Crippen LogP contribution is -2.51. The normalized spacial score (nSPS) is 14.3. The van der Waals surface area contributed by atoms with Crippen molar-refractivity contribution in [3.8, 4) is 0 Å². The number of hydrogen-bond acceptors (Lipinski definition) is 8. The van der Waals surface area contributed by atoms with Gasteiger partial charge in [0.1, 0.15) is 11.5 Å². The van der Waals surface area contributed by atoms with Crippen LogP contribution in [0.5, 0.6) is 0 Å². The zero-order chi connectivity index (χ0) is 25.8. The fourth-order valence-electron chi connectivity index (χ4n) is 4.13. The van der Waals surface area contributed by atoms with Crippen LogP contribution in [0, 0.1) is 0 Å². The van der Waals surface area contributed by atoms with Gasteiger partial charge in [0.25, 0.3) is 5.56 Å². The van der Waals surface area contributed by atoms with Crippen LogP contribution in [-0.2, 0) is 22.4 Å². The Bertz CT molecular complexity index is 1350. The summed E-state index contributed by atoms with van der Waals surface area (Å²) in [4.78, 5) is 49.5. The number of anilines is 1. The number of carbonyl (C=O) groups excluding carboxylic acids is 1. The minimum atomic E-state index is -1.15. The number of amides is 1. The van der Waals surface area contributed by atoms with Gasteiger partial charge in [-0.3, -0.25) is 14.0 Å². The van der Waals surface area contributed by atoms with E-state index in [1.165, 1.54) is 10.5 Å². The van der Waals surface area contributed by atoms with E-state index in [0.717, 1.165) is 35.2 Å². The number of carboxylic acid groups (broad SMARTS) is 1. The number of piperazine rings is 1. The first-order valence-electron chi connectivity index (χ1n) is 11.9. The number of hydrogen-bond donors (Lipinski definition) is 2. The van der Waals surface area contributed by atoms with Gasteiger partial charge >= 0.3 is 5.97 Å². The van der Waals surface area contributed by atoms with E-state index in [0.29, 0.717) is 43.6 Å². The highest BCUT2D eigenvalue weighted by Crippen LogP contribution is 2.22. The molecule has 0 radical (unpaired) electrons. The molecule has 1 aliphatic heterocycles. The van der Waals surface area contributed by atoms with Crippen molar-refractivity contribution in [3.05, 3.63) is 62.0 Å². The van der Waals surface area contributed by atoms with Crippen LogP contribution in [-0.4, -0.2) is 69.0 Å². The van der Waals surface area contributed by atoms with E-state index in [-0.39, 0.29) is 23.6 Å². The number of nitrogens with zero attached hydrogens (tertiary/aromatic N) is 5. The second-order valence-corrected chi connectivity index (χ2v) is 9.92. The molecule has 1 aliphatic rings. The molecule has 3 aromatic rings. The lowest BCUT2D eigenvalue weighted by atomic mass is 10.1. The number of carbonyl (C=O) groups is 2. The number of aryl methyl sites for hydroxylation is 2. The van der Waals surface area contributed by atoms with Crippen LogP contribution in [0.4, 0.5) is 5.82 Å². The van der Waals surface area contributed by atoms with E-state index < -0.39 is 5.97 Å². The Morgan fingerprint density at radius 2 is 1.94 bits per heavy atom. The number of pyridine rings is 1. The van der Waals surface area contributed by atoms with Crippen molar-refractivity contribution >= 4 is 40.8 Å². The molecule has 3 N–H and O–H groups in total. The molecule has 0 aliphatic carbocycles. The van der Waals surface area contributed by atoms with Crippen LogP contribution in [0.2, 0.25) is 0 Å². The highest BCUT2D eigenvalue weighted by Gasteiger charge is 2.24. The van der Waals surface area contributed by atoms with Crippen molar-refractivity contribution in [2.24, 2.45) is 5.73 Å². The fourth-order valence-corrected chi connectivity index (χ4v) is 5.09. The Morgan fingerprint density at radius 3 is 2.58 bits per heavy atom. The van der Waals surface area contributed by atoms with Crippen LogP contribution in [0.15, 0.2) is 34.6 Å². The van der Waals surface area contributed by atoms with E-state index in [9.17, 15) is 14.4 Å². The summed E-state index contributed by atoms with van der Waals surface area (Å²) in [5.74, 6) is -0.472. The summed E-state index contributed by atoms with van der Waals surface area (Å²) < 4.78 is 1.43. The second-order valence-electron chi connectivity index (χ2n) is 8.98. The molecule has 4 heterocycles. The molecule has 190 valence electrons. The van der Waals surface area contributed by atoms with Gasteiger partial charge in [0, 0.05) is 50.3 Å². The van der Waals surface area contributed by atoms with E-state index in [1.807, 2.05) is 17.0 Å². The molecule has 4 rings (SSSR count). The largest absolute Gasteiger partial charge is 0.478 e. The van der Waals surface area contributed by atoms with Crippen LogP contribution in [0.3, 0.4) is 0 Å². The van der Waals surface area contributed by atoms with Gasteiger partial charge in [0.15, 0.2) is 0 Å². The van der Waals surface area contributed by atoms with Crippen molar-refractivity contribution in [2.75, 3.05) is 37.6 Å². The summed E-state index contributed by atoms with van der Waals surface area (Å²) >= 11 is 1.66. The van der Waals surface area contributed by atoms with Gasteiger partial charge in [-0.2, -0.15) is 0 Å². The first-order valence-corrected chi connectivity index (χ1v) is 12.8. The zero-order valence-electron chi connectivity index (χ0n) is 20.4. The van der Waals surface area contributed by atoms with Crippen LogP contribution in [0.25, 0.3) is 11.7 Å². The summed E-state index contributed by atoms with van der Waals surface area (Å²) in [7, 11) is 0. The monoisotopic (exact) mass is 510 g/mol. The molecule has 3 aromatic heterocycles. The molecule has 0 atom stereocenters. The van der Waals surface area contributed by atoms with E-state index >= 15 is 0 Å². The molecule has 0 bridgehead atoms. The van der Waals surface area contributed by atoms with E-state index in [1.54, 1.807) is 22.4 Å². The standard InChI is InChI=1S/C25H30N6O4S/c1-16(2)19-15-36-21(27-19)5-3-17-7-8-31-20(13-17)28-24(18(25(31)35)4-6-23(33)34)30-11-9-29(10-12-30)22(32)14-26/h4,6-8,13,15-16H,3,5,9-12,14,26H2,1-2H3,(H,33,34). The van der Waals surface area contributed by atoms with E-state index in [4.69, 9.17) is 20.8 Å². The van der Waals surface area contributed by atoms with Gasteiger partial charge in [-0.1, -0.05) is 13.8 Å². The molecule has 0 spiro atoms. The van der Waals surface area contributed by atoms with Gasteiger partial charge in [-0.15, -0.1) is 11.3 Å². The Labute approximate surface area is 212 Å². The Kier molecular flexibility index (Phi) is 7.80. The lowest BCUT2D eigenvalue weighted by molar-refractivity contribution is -0.131. The third-order valence-corrected chi connectivity index (χ3v) is 7.12. The number of aromatic nitrogens is 3. The van der Waals surface area contributed by atoms with Gasteiger partial charge in [-0.05, 0) is 36.1 Å². The Morgan fingerprint density at radius 1 is 1.19 bits per heavy atom. The second kappa shape index (κ2) is 11.0. The molecule has 36 heavy (non-hydrogen) atoms. The number of fused-ring (bicyclic) bond motifs is 1. The topological polar surface area (TPSA) is 134 Å². The van der Waals surface area contributed by atoms with Crippen LogP contribution in [0.1, 0.15) is 41.6 Å². The Balaban J connectivity index is 1.64. The quantitative estimate of drug-likeness (QED) is 0.438. The van der Waals surface area contributed by atoms with Crippen LogP contribution < -0.4 is 16.2 Å². The molecule has 0 aromatic carbocycles. The number of carboxylic acids is 1. The molecule has 1 saturated heterocycles. The maximum absolute atomic E-state index is 13.3. The number of rotatable bonds is 8. The predicted molar refractivity (Wildman–Crippen MR) is 140 cm³/mol. The smallest absolute Gasteiger partial charge is 0.328 e. The summed E-state index contributed by atoms with van der Waals surface area (Å²) in [5.41, 5.74) is 7.95. The highest BCUT2D eigenvalue weighted by atomic mass is 32.1. The van der Waals surface area contributed by atoms with Crippen molar-refractivity contribution in [2.45, 2.75) is 32.6 Å².